The van der Waals surface area contributed by atoms with Crippen LogP contribution in [0.15, 0.2) is 0 Å². The molecule has 0 spiro atoms. The summed E-state index contributed by atoms with van der Waals surface area (Å²) >= 11 is 8.28. The lowest BCUT2D eigenvalue weighted by Crippen LogP contribution is -2.14. The predicted octanol–water partition coefficient (Wildman–Crippen LogP) is 3.56. The van der Waals surface area contributed by atoms with Gasteiger partial charge in [0.25, 0.3) is 0 Å². The summed E-state index contributed by atoms with van der Waals surface area (Å²) in [7, 11) is 0. The molecule has 1 saturated carbocycles. The zero-order chi connectivity index (χ0) is 10.1. The summed E-state index contributed by atoms with van der Waals surface area (Å²) in [6.45, 7) is 2.10. The molecule has 1 aromatic rings. The highest BCUT2D eigenvalue weighted by Crippen LogP contribution is 2.35. The molecule has 1 heterocycles. The predicted molar refractivity (Wildman–Crippen MR) is 65.7 cm³/mol. The van der Waals surface area contributed by atoms with Gasteiger partial charge in [-0.25, -0.2) is 9.97 Å². The summed E-state index contributed by atoms with van der Waals surface area (Å²) in [4.78, 5) is 8.92. The van der Waals surface area contributed by atoms with Crippen LogP contribution in [0.3, 0.4) is 0 Å². The van der Waals surface area contributed by atoms with Gasteiger partial charge in [-0.05, 0) is 41.9 Å². The van der Waals surface area contributed by atoms with Gasteiger partial charge < -0.3 is 0 Å². The first kappa shape index (κ1) is 10.6. The first-order chi connectivity index (χ1) is 6.72. The molecule has 1 fully saturated rings. The standard InChI is InChI=1S/C10H12ClIN2/c1-2-7-8(12)9(11)14-10(13-7)6-4-3-5-6/h6H,2-5H2,1H3. The van der Waals surface area contributed by atoms with Crippen LogP contribution in [-0.2, 0) is 6.42 Å². The maximum atomic E-state index is 6.06. The van der Waals surface area contributed by atoms with Gasteiger partial charge in [-0.1, -0.05) is 24.9 Å². The number of nitrogens with zero attached hydrogens (tertiary/aromatic N) is 2. The molecule has 0 bridgehead atoms. The molecule has 76 valence electrons. The summed E-state index contributed by atoms with van der Waals surface area (Å²) in [6.07, 6.45) is 4.68. The number of rotatable bonds is 2. The third kappa shape index (κ3) is 1.89. The molecule has 2 rings (SSSR count). The van der Waals surface area contributed by atoms with Crippen molar-refractivity contribution in [2.24, 2.45) is 0 Å². The van der Waals surface area contributed by atoms with Crippen LogP contribution in [-0.4, -0.2) is 9.97 Å². The van der Waals surface area contributed by atoms with Gasteiger partial charge >= 0.3 is 0 Å². The summed E-state index contributed by atoms with van der Waals surface area (Å²) in [6, 6.07) is 0. The second kappa shape index (κ2) is 4.31. The van der Waals surface area contributed by atoms with Crippen LogP contribution in [0.5, 0.6) is 0 Å². The third-order valence-corrected chi connectivity index (χ3v) is 4.43. The summed E-state index contributed by atoms with van der Waals surface area (Å²) in [5, 5.41) is 0.624. The number of hydrogen-bond donors (Lipinski definition) is 0. The minimum absolute atomic E-state index is 0.565. The molecule has 0 unspecified atom stereocenters. The molecule has 0 saturated heterocycles. The second-order valence-electron chi connectivity index (χ2n) is 3.61. The van der Waals surface area contributed by atoms with Crippen LogP contribution in [0.4, 0.5) is 0 Å². The van der Waals surface area contributed by atoms with E-state index in [1.165, 1.54) is 19.3 Å². The van der Waals surface area contributed by atoms with Gasteiger partial charge in [0.15, 0.2) is 0 Å². The van der Waals surface area contributed by atoms with E-state index in [0.717, 1.165) is 21.5 Å². The third-order valence-electron chi connectivity index (χ3n) is 2.70. The molecule has 4 heteroatoms. The number of hydrogen-bond acceptors (Lipinski definition) is 2. The molecule has 14 heavy (non-hydrogen) atoms. The Morgan fingerprint density at radius 3 is 2.64 bits per heavy atom. The highest BCUT2D eigenvalue weighted by Gasteiger charge is 2.23. The molecule has 0 aliphatic heterocycles. The van der Waals surface area contributed by atoms with Crippen molar-refractivity contribution in [1.29, 1.82) is 0 Å². The Kier molecular flexibility index (Phi) is 3.27. The van der Waals surface area contributed by atoms with E-state index < -0.39 is 0 Å². The van der Waals surface area contributed by atoms with E-state index in [1.807, 2.05) is 0 Å². The van der Waals surface area contributed by atoms with Gasteiger partial charge in [0.1, 0.15) is 11.0 Å². The van der Waals surface area contributed by atoms with Crippen LogP contribution in [0.2, 0.25) is 5.15 Å². The number of aromatic nitrogens is 2. The SMILES string of the molecule is CCc1nc(C2CCC2)nc(Cl)c1I. The second-order valence-corrected chi connectivity index (χ2v) is 5.05. The molecular weight excluding hydrogens is 310 g/mol. The summed E-state index contributed by atoms with van der Waals surface area (Å²) < 4.78 is 1.01. The molecule has 1 aromatic heterocycles. The van der Waals surface area contributed by atoms with Gasteiger partial charge in [-0.15, -0.1) is 0 Å². The van der Waals surface area contributed by atoms with Crippen molar-refractivity contribution in [1.82, 2.24) is 9.97 Å². The lowest BCUT2D eigenvalue weighted by atomic mass is 9.85. The lowest BCUT2D eigenvalue weighted by Gasteiger charge is -2.24. The van der Waals surface area contributed by atoms with Crippen LogP contribution >= 0.6 is 34.2 Å². The molecule has 2 nitrogen and oxygen atoms in total. The van der Waals surface area contributed by atoms with Crippen molar-refractivity contribution in [3.05, 3.63) is 20.2 Å². The minimum Gasteiger partial charge on any atom is -0.236 e. The number of halogens is 2. The zero-order valence-corrected chi connectivity index (χ0v) is 11.0. The Hall–Kier alpha value is 0.100. The molecule has 0 N–H and O–H groups in total. The molecular formula is C10H12ClIN2. The Balaban J connectivity index is 2.37. The van der Waals surface area contributed by atoms with Crippen LogP contribution in [0.1, 0.15) is 43.6 Å². The molecule has 0 amide bonds. The van der Waals surface area contributed by atoms with E-state index in [-0.39, 0.29) is 0 Å². The molecule has 0 aromatic carbocycles. The normalized spacial score (nSPS) is 16.8. The van der Waals surface area contributed by atoms with E-state index in [9.17, 15) is 0 Å². The van der Waals surface area contributed by atoms with E-state index in [2.05, 4.69) is 39.5 Å². The minimum atomic E-state index is 0.565. The topological polar surface area (TPSA) is 25.8 Å². The Bertz CT molecular complexity index is 350. The van der Waals surface area contributed by atoms with Crippen molar-refractivity contribution in [2.75, 3.05) is 0 Å². The van der Waals surface area contributed by atoms with E-state index in [0.29, 0.717) is 11.1 Å². The average molecular weight is 323 g/mol. The first-order valence-corrected chi connectivity index (χ1v) is 6.39. The van der Waals surface area contributed by atoms with Gasteiger partial charge in [-0.2, -0.15) is 0 Å². The molecule has 0 atom stereocenters. The van der Waals surface area contributed by atoms with Gasteiger partial charge in [0.05, 0.1) is 9.26 Å². The van der Waals surface area contributed by atoms with Crippen molar-refractivity contribution in [3.63, 3.8) is 0 Å². The summed E-state index contributed by atoms with van der Waals surface area (Å²) in [5.74, 6) is 1.52. The van der Waals surface area contributed by atoms with E-state index >= 15 is 0 Å². The maximum Gasteiger partial charge on any atom is 0.146 e. The first-order valence-electron chi connectivity index (χ1n) is 4.94. The lowest BCUT2D eigenvalue weighted by molar-refractivity contribution is 0.400. The monoisotopic (exact) mass is 322 g/mol. The highest BCUT2D eigenvalue weighted by molar-refractivity contribution is 14.1. The van der Waals surface area contributed by atoms with Gasteiger partial charge in [0.2, 0.25) is 0 Å². The Morgan fingerprint density at radius 1 is 1.43 bits per heavy atom. The Morgan fingerprint density at radius 2 is 2.14 bits per heavy atom. The largest absolute Gasteiger partial charge is 0.236 e. The Labute approximate surface area is 103 Å². The molecule has 1 aliphatic carbocycles. The molecule has 1 aliphatic rings. The van der Waals surface area contributed by atoms with Crippen molar-refractivity contribution < 1.29 is 0 Å². The summed E-state index contributed by atoms with van der Waals surface area (Å²) in [5.41, 5.74) is 1.09. The van der Waals surface area contributed by atoms with Crippen LogP contribution in [0.25, 0.3) is 0 Å². The maximum absolute atomic E-state index is 6.06. The average Bonchev–Trinajstić information content (AvgIpc) is 2.08. The van der Waals surface area contributed by atoms with E-state index in [4.69, 9.17) is 11.6 Å². The smallest absolute Gasteiger partial charge is 0.146 e. The van der Waals surface area contributed by atoms with Crippen LogP contribution in [0, 0.1) is 3.57 Å². The van der Waals surface area contributed by atoms with Crippen molar-refractivity contribution >= 4 is 34.2 Å². The fourth-order valence-corrected chi connectivity index (χ4v) is 2.38. The quantitative estimate of drug-likeness (QED) is 0.614. The fraction of sp³-hybridized carbons (Fsp3) is 0.600. The fourth-order valence-electron chi connectivity index (χ4n) is 1.56. The van der Waals surface area contributed by atoms with Gasteiger partial charge in [-0.3, -0.25) is 0 Å². The zero-order valence-electron chi connectivity index (χ0n) is 8.06. The van der Waals surface area contributed by atoms with Crippen molar-refractivity contribution in [2.45, 2.75) is 38.5 Å². The van der Waals surface area contributed by atoms with E-state index in [1.54, 1.807) is 0 Å². The van der Waals surface area contributed by atoms with Gasteiger partial charge in [0, 0.05) is 5.92 Å². The number of aryl methyl sites for hydroxylation is 1. The van der Waals surface area contributed by atoms with Crippen molar-refractivity contribution in [3.8, 4) is 0 Å². The highest BCUT2D eigenvalue weighted by atomic mass is 127. The molecule has 0 radical (unpaired) electrons. The van der Waals surface area contributed by atoms with Crippen LogP contribution < -0.4 is 0 Å².